The van der Waals surface area contributed by atoms with Gasteiger partial charge in [-0.2, -0.15) is 0 Å². The van der Waals surface area contributed by atoms with E-state index in [-0.39, 0.29) is 0 Å². The molecule has 1 fully saturated rings. The number of aromatic nitrogens is 1. The molecular formula is C14H19N3S. The van der Waals surface area contributed by atoms with Crippen LogP contribution >= 0.6 is 11.3 Å². The van der Waals surface area contributed by atoms with Gasteiger partial charge in [-0.25, -0.2) is 4.98 Å². The summed E-state index contributed by atoms with van der Waals surface area (Å²) >= 11 is 1.72. The van der Waals surface area contributed by atoms with Crippen molar-refractivity contribution in [3.8, 4) is 0 Å². The van der Waals surface area contributed by atoms with Crippen molar-refractivity contribution >= 4 is 27.2 Å². The minimum atomic E-state index is 0.707. The normalized spacial score (nSPS) is 17.5. The van der Waals surface area contributed by atoms with E-state index >= 15 is 0 Å². The Morgan fingerprint density at radius 2 is 2.22 bits per heavy atom. The average Bonchev–Trinajstić information content (AvgIpc) is 2.87. The summed E-state index contributed by atoms with van der Waals surface area (Å²) in [6.45, 7) is 5.57. The lowest BCUT2D eigenvalue weighted by molar-refractivity contribution is 0.424. The van der Waals surface area contributed by atoms with Gasteiger partial charge >= 0.3 is 0 Å². The number of hydrogen-bond donors (Lipinski definition) is 1. The summed E-state index contributed by atoms with van der Waals surface area (Å²) in [6, 6.07) is 7.33. The second-order valence-electron chi connectivity index (χ2n) is 4.82. The Balaban J connectivity index is 1.71. The third-order valence-corrected chi connectivity index (χ3v) is 4.46. The molecule has 1 N–H and O–H groups in total. The third kappa shape index (κ3) is 2.35. The topological polar surface area (TPSA) is 28.2 Å². The van der Waals surface area contributed by atoms with E-state index < -0.39 is 0 Å². The summed E-state index contributed by atoms with van der Waals surface area (Å²) < 4.78 is 1.29. The monoisotopic (exact) mass is 261 g/mol. The highest BCUT2D eigenvalue weighted by molar-refractivity contribution is 7.16. The largest absolute Gasteiger partial charge is 0.371 e. The Hall–Kier alpha value is -1.13. The molecule has 0 amide bonds. The first kappa shape index (κ1) is 11.9. The fourth-order valence-electron chi connectivity index (χ4n) is 2.67. The molecular weight excluding hydrogens is 242 g/mol. The molecule has 2 heterocycles. The van der Waals surface area contributed by atoms with Gasteiger partial charge in [0.05, 0.1) is 15.7 Å². The maximum Gasteiger partial charge on any atom is 0.0813 e. The van der Waals surface area contributed by atoms with Crippen molar-refractivity contribution in [3.05, 3.63) is 23.7 Å². The van der Waals surface area contributed by atoms with Crippen molar-refractivity contribution in [1.29, 1.82) is 0 Å². The van der Waals surface area contributed by atoms with Gasteiger partial charge in [-0.05, 0) is 37.6 Å². The van der Waals surface area contributed by atoms with Crippen LogP contribution in [0.1, 0.15) is 19.8 Å². The van der Waals surface area contributed by atoms with Gasteiger partial charge in [0.15, 0.2) is 0 Å². The van der Waals surface area contributed by atoms with Crippen molar-refractivity contribution < 1.29 is 0 Å². The quantitative estimate of drug-likeness (QED) is 0.921. The van der Waals surface area contributed by atoms with E-state index in [0.29, 0.717) is 6.04 Å². The van der Waals surface area contributed by atoms with E-state index in [9.17, 15) is 0 Å². The molecule has 0 spiro atoms. The number of nitrogens with one attached hydrogen (secondary N) is 1. The maximum atomic E-state index is 4.33. The summed E-state index contributed by atoms with van der Waals surface area (Å²) in [5, 5.41) is 3.55. The van der Waals surface area contributed by atoms with Gasteiger partial charge in [0.25, 0.3) is 0 Å². The van der Waals surface area contributed by atoms with E-state index in [1.807, 2.05) is 5.51 Å². The fourth-order valence-corrected chi connectivity index (χ4v) is 3.38. The lowest BCUT2D eigenvalue weighted by atomic mass is 10.0. The summed E-state index contributed by atoms with van der Waals surface area (Å²) in [7, 11) is 0. The predicted molar refractivity (Wildman–Crippen MR) is 78.5 cm³/mol. The Labute approximate surface area is 112 Å². The molecule has 2 aromatic rings. The summed E-state index contributed by atoms with van der Waals surface area (Å²) in [5.41, 5.74) is 4.39. The second kappa shape index (κ2) is 5.24. The van der Waals surface area contributed by atoms with E-state index in [0.717, 1.165) is 25.2 Å². The standard InChI is InChI=1S/C14H19N3S/c1-2-15-11-5-7-17(8-6-11)12-3-4-13-14(9-12)18-10-16-13/h3-4,9-11,15H,2,5-8H2,1H3. The van der Waals surface area contributed by atoms with Crippen LogP contribution in [-0.4, -0.2) is 30.7 Å². The molecule has 4 heteroatoms. The Morgan fingerprint density at radius 1 is 1.39 bits per heavy atom. The first-order chi connectivity index (χ1) is 8.86. The molecule has 3 rings (SSSR count). The Kier molecular flexibility index (Phi) is 3.48. The zero-order chi connectivity index (χ0) is 12.4. The number of rotatable bonds is 3. The molecule has 1 aromatic heterocycles. The van der Waals surface area contributed by atoms with Crippen molar-refractivity contribution in [3.63, 3.8) is 0 Å². The number of piperidine rings is 1. The summed E-state index contributed by atoms with van der Waals surface area (Å²) in [6.07, 6.45) is 2.49. The number of nitrogens with zero attached hydrogens (tertiary/aromatic N) is 2. The molecule has 0 unspecified atom stereocenters. The van der Waals surface area contributed by atoms with E-state index in [4.69, 9.17) is 0 Å². The van der Waals surface area contributed by atoms with Crippen LogP contribution in [0.3, 0.4) is 0 Å². The van der Waals surface area contributed by atoms with Crippen molar-refractivity contribution in [1.82, 2.24) is 10.3 Å². The SMILES string of the molecule is CCNC1CCN(c2ccc3ncsc3c2)CC1. The second-order valence-corrected chi connectivity index (χ2v) is 5.71. The summed E-state index contributed by atoms with van der Waals surface area (Å²) in [5.74, 6) is 0. The average molecular weight is 261 g/mol. The number of hydrogen-bond acceptors (Lipinski definition) is 4. The molecule has 1 aliphatic rings. The smallest absolute Gasteiger partial charge is 0.0813 e. The predicted octanol–water partition coefficient (Wildman–Crippen LogP) is 2.87. The minimum absolute atomic E-state index is 0.707. The Morgan fingerprint density at radius 3 is 3.00 bits per heavy atom. The van der Waals surface area contributed by atoms with Gasteiger partial charge in [-0.3, -0.25) is 0 Å². The van der Waals surface area contributed by atoms with Gasteiger partial charge in [0, 0.05) is 24.8 Å². The zero-order valence-electron chi connectivity index (χ0n) is 10.7. The van der Waals surface area contributed by atoms with E-state index in [2.05, 4.69) is 40.3 Å². The van der Waals surface area contributed by atoms with Gasteiger partial charge in [-0.1, -0.05) is 6.92 Å². The molecule has 0 atom stereocenters. The van der Waals surface area contributed by atoms with Crippen LogP contribution in [0.25, 0.3) is 10.2 Å². The highest BCUT2D eigenvalue weighted by Gasteiger charge is 2.18. The molecule has 0 aliphatic carbocycles. The van der Waals surface area contributed by atoms with Crippen LogP contribution in [0, 0.1) is 0 Å². The van der Waals surface area contributed by atoms with Crippen LogP contribution in [0.4, 0.5) is 5.69 Å². The van der Waals surface area contributed by atoms with Crippen LogP contribution in [0.15, 0.2) is 23.7 Å². The zero-order valence-corrected chi connectivity index (χ0v) is 11.5. The first-order valence-corrected chi connectivity index (χ1v) is 7.56. The summed E-state index contributed by atoms with van der Waals surface area (Å²) in [4.78, 5) is 6.82. The molecule has 1 saturated heterocycles. The Bertz CT molecular complexity index is 514. The molecule has 0 radical (unpaired) electrons. The lowest BCUT2D eigenvalue weighted by Crippen LogP contribution is -2.42. The molecule has 1 aliphatic heterocycles. The first-order valence-electron chi connectivity index (χ1n) is 6.68. The van der Waals surface area contributed by atoms with Gasteiger partial charge in [-0.15, -0.1) is 11.3 Å². The maximum absolute atomic E-state index is 4.33. The van der Waals surface area contributed by atoms with Crippen LogP contribution in [-0.2, 0) is 0 Å². The molecule has 18 heavy (non-hydrogen) atoms. The van der Waals surface area contributed by atoms with Crippen molar-refractivity contribution in [2.75, 3.05) is 24.5 Å². The lowest BCUT2D eigenvalue weighted by Gasteiger charge is -2.34. The molecule has 0 saturated carbocycles. The third-order valence-electron chi connectivity index (χ3n) is 3.67. The van der Waals surface area contributed by atoms with Crippen molar-refractivity contribution in [2.45, 2.75) is 25.8 Å². The number of thiazole rings is 1. The molecule has 96 valence electrons. The van der Waals surface area contributed by atoms with E-state index in [1.54, 1.807) is 11.3 Å². The highest BCUT2D eigenvalue weighted by Crippen LogP contribution is 2.26. The number of fused-ring (bicyclic) bond motifs is 1. The number of benzene rings is 1. The fraction of sp³-hybridized carbons (Fsp3) is 0.500. The molecule has 1 aromatic carbocycles. The van der Waals surface area contributed by atoms with Gasteiger partial charge in [0.2, 0.25) is 0 Å². The highest BCUT2D eigenvalue weighted by atomic mass is 32.1. The van der Waals surface area contributed by atoms with E-state index in [1.165, 1.54) is 23.2 Å². The molecule has 3 nitrogen and oxygen atoms in total. The van der Waals surface area contributed by atoms with Crippen LogP contribution < -0.4 is 10.2 Å². The molecule has 0 bridgehead atoms. The number of anilines is 1. The minimum Gasteiger partial charge on any atom is -0.371 e. The van der Waals surface area contributed by atoms with Crippen LogP contribution in [0.2, 0.25) is 0 Å². The van der Waals surface area contributed by atoms with Crippen LogP contribution in [0.5, 0.6) is 0 Å². The van der Waals surface area contributed by atoms with Crippen molar-refractivity contribution in [2.24, 2.45) is 0 Å². The van der Waals surface area contributed by atoms with Gasteiger partial charge in [0.1, 0.15) is 0 Å². The van der Waals surface area contributed by atoms with Gasteiger partial charge < -0.3 is 10.2 Å².